The van der Waals surface area contributed by atoms with Crippen LogP contribution in [0, 0.1) is 6.92 Å². The number of nitrogens with one attached hydrogen (secondary N) is 2. The van der Waals surface area contributed by atoms with E-state index in [0.717, 1.165) is 48.3 Å². The fourth-order valence-corrected chi connectivity index (χ4v) is 5.01. The SMILES string of the molecule is Cc1ccccc1N1CCN(c2ccc(C(=O)NCCc3c[nH]c4ccccc34)cc2C(N)=O)CC1. The third-order valence-corrected chi connectivity index (χ3v) is 6.96. The van der Waals surface area contributed by atoms with Gasteiger partial charge in [-0.05, 0) is 54.8 Å². The number of nitrogens with two attached hydrogens (primary N) is 1. The van der Waals surface area contributed by atoms with Gasteiger partial charge in [0.05, 0.1) is 5.56 Å². The van der Waals surface area contributed by atoms with E-state index in [1.165, 1.54) is 11.3 Å². The molecule has 4 N–H and O–H groups in total. The predicted molar refractivity (Wildman–Crippen MR) is 145 cm³/mol. The maximum Gasteiger partial charge on any atom is 0.251 e. The molecule has 4 aromatic rings. The Bertz CT molecular complexity index is 1400. The van der Waals surface area contributed by atoms with Crippen molar-refractivity contribution in [3.63, 3.8) is 0 Å². The number of primary amides is 1. The van der Waals surface area contributed by atoms with E-state index >= 15 is 0 Å². The number of nitrogens with zero attached hydrogens (tertiary/aromatic N) is 2. The lowest BCUT2D eigenvalue weighted by atomic mass is 10.0. The topological polar surface area (TPSA) is 94.5 Å². The van der Waals surface area contributed by atoms with E-state index in [9.17, 15) is 9.59 Å². The molecule has 184 valence electrons. The Labute approximate surface area is 210 Å². The average molecular weight is 482 g/mol. The fraction of sp³-hybridized carbons (Fsp3) is 0.241. The van der Waals surface area contributed by atoms with Gasteiger partial charge in [-0.2, -0.15) is 0 Å². The standard InChI is InChI=1S/C29H31N5O2/c1-20-6-2-5-9-26(20)33-14-16-34(17-15-33)27-11-10-21(18-24(27)28(30)35)29(36)31-13-12-22-19-32-25-8-4-3-7-23(22)25/h2-11,18-19,32H,12-17H2,1H3,(H2,30,35)(H,31,36). The van der Waals surface area contributed by atoms with Crippen molar-refractivity contribution < 1.29 is 9.59 Å². The third-order valence-electron chi connectivity index (χ3n) is 6.96. The molecule has 36 heavy (non-hydrogen) atoms. The molecule has 0 bridgehead atoms. The normalized spacial score (nSPS) is 13.7. The summed E-state index contributed by atoms with van der Waals surface area (Å²) >= 11 is 0. The molecule has 0 aliphatic carbocycles. The Morgan fingerprint density at radius 1 is 0.917 bits per heavy atom. The summed E-state index contributed by atoms with van der Waals surface area (Å²) in [6.45, 7) is 5.85. The highest BCUT2D eigenvalue weighted by atomic mass is 16.2. The molecule has 1 saturated heterocycles. The molecule has 2 amide bonds. The molecule has 1 fully saturated rings. The van der Waals surface area contributed by atoms with E-state index in [2.05, 4.69) is 51.3 Å². The van der Waals surface area contributed by atoms with Crippen LogP contribution in [-0.2, 0) is 6.42 Å². The van der Waals surface area contributed by atoms with Gasteiger partial charge < -0.3 is 25.8 Å². The zero-order valence-corrected chi connectivity index (χ0v) is 20.5. The second kappa shape index (κ2) is 10.2. The van der Waals surface area contributed by atoms with Crippen molar-refractivity contribution in [2.45, 2.75) is 13.3 Å². The van der Waals surface area contributed by atoms with E-state index in [0.29, 0.717) is 24.1 Å². The molecule has 1 aliphatic rings. The summed E-state index contributed by atoms with van der Waals surface area (Å²) in [6.07, 6.45) is 2.69. The number of anilines is 2. The Hall–Kier alpha value is -4.26. The molecule has 7 nitrogen and oxygen atoms in total. The number of aromatic nitrogens is 1. The van der Waals surface area contributed by atoms with Crippen LogP contribution in [0.5, 0.6) is 0 Å². The summed E-state index contributed by atoms with van der Waals surface area (Å²) in [4.78, 5) is 33.0. The molecule has 3 aromatic carbocycles. The van der Waals surface area contributed by atoms with Gasteiger partial charge in [0.1, 0.15) is 0 Å². The fourth-order valence-electron chi connectivity index (χ4n) is 5.01. The third kappa shape index (κ3) is 4.77. The zero-order valence-electron chi connectivity index (χ0n) is 20.5. The number of rotatable bonds is 7. The van der Waals surface area contributed by atoms with Crippen LogP contribution in [0.25, 0.3) is 10.9 Å². The maximum absolute atomic E-state index is 12.8. The van der Waals surface area contributed by atoms with Crippen molar-refractivity contribution in [3.05, 3.63) is 95.2 Å². The van der Waals surface area contributed by atoms with Crippen LogP contribution in [0.3, 0.4) is 0 Å². The van der Waals surface area contributed by atoms with Crippen molar-refractivity contribution >= 4 is 34.1 Å². The maximum atomic E-state index is 12.8. The number of piperazine rings is 1. The van der Waals surface area contributed by atoms with Gasteiger partial charge in [0.2, 0.25) is 0 Å². The van der Waals surface area contributed by atoms with Crippen molar-refractivity contribution in [1.82, 2.24) is 10.3 Å². The minimum atomic E-state index is -0.528. The van der Waals surface area contributed by atoms with E-state index in [1.807, 2.05) is 36.5 Å². The molecule has 0 spiro atoms. The van der Waals surface area contributed by atoms with E-state index in [4.69, 9.17) is 5.73 Å². The first-order valence-electron chi connectivity index (χ1n) is 12.3. The number of amides is 2. The highest BCUT2D eigenvalue weighted by molar-refractivity contribution is 6.03. The van der Waals surface area contributed by atoms with Crippen LogP contribution in [0.1, 0.15) is 31.8 Å². The molecular weight excluding hydrogens is 450 g/mol. The Morgan fingerprint density at radius 3 is 2.36 bits per heavy atom. The lowest BCUT2D eigenvalue weighted by Gasteiger charge is -2.38. The van der Waals surface area contributed by atoms with Crippen LogP contribution in [0.2, 0.25) is 0 Å². The molecule has 5 rings (SSSR count). The monoisotopic (exact) mass is 481 g/mol. The first-order valence-corrected chi connectivity index (χ1v) is 12.3. The van der Waals surface area contributed by atoms with Crippen LogP contribution in [0.15, 0.2) is 72.9 Å². The number of carbonyl (C=O) groups is 2. The summed E-state index contributed by atoms with van der Waals surface area (Å²) in [5, 5.41) is 4.13. The van der Waals surface area contributed by atoms with Crippen molar-refractivity contribution in [2.24, 2.45) is 5.73 Å². The number of carbonyl (C=O) groups excluding carboxylic acids is 2. The van der Waals surface area contributed by atoms with E-state index < -0.39 is 5.91 Å². The molecule has 0 unspecified atom stereocenters. The van der Waals surface area contributed by atoms with Gasteiger partial charge in [-0.3, -0.25) is 9.59 Å². The van der Waals surface area contributed by atoms with Crippen LogP contribution < -0.4 is 20.9 Å². The molecule has 0 radical (unpaired) electrons. The number of hydrogen-bond acceptors (Lipinski definition) is 4. The number of para-hydroxylation sites is 2. The lowest BCUT2D eigenvalue weighted by molar-refractivity contribution is 0.0954. The van der Waals surface area contributed by atoms with Gasteiger partial charge in [0.25, 0.3) is 11.8 Å². The average Bonchev–Trinajstić information content (AvgIpc) is 3.32. The molecule has 1 aliphatic heterocycles. The van der Waals surface area contributed by atoms with Gasteiger partial charge in [-0.1, -0.05) is 36.4 Å². The Kier molecular flexibility index (Phi) is 6.62. The molecule has 2 heterocycles. The molecular formula is C29H31N5O2. The minimum Gasteiger partial charge on any atom is -0.368 e. The van der Waals surface area contributed by atoms with E-state index in [1.54, 1.807) is 12.1 Å². The summed E-state index contributed by atoms with van der Waals surface area (Å²) in [5.74, 6) is -0.743. The van der Waals surface area contributed by atoms with Gasteiger partial charge >= 0.3 is 0 Å². The van der Waals surface area contributed by atoms with Crippen LogP contribution >= 0.6 is 0 Å². The van der Waals surface area contributed by atoms with Gasteiger partial charge in [-0.15, -0.1) is 0 Å². The van der Waals surface area contributed by atoms with Crippen molar-refractivity contribution in [2.75, 3.05) is 42.5 Å². The number of fused-ring (bicyclic) bond motifs is 1. The molecule has 0 saturated carbocycles. The molecule has 7 heteroatoms. The zero-order chi connectivity index (χ0) is 25.1. The molecule has 0 atom stereocenters. The second-order valence-electron chi connectivity index (χ2n) is 9.22. The van der Waals surface area contributed by atoms with E-state index in [-0.39, 0.29) is 5.91 Å². The van der Waals surface area contributed by atoms with Crippen LogP contribution in [-0.4, -0.2) is 49.5 Å². The first-order chi connectivity index (χ1) is 17.5. The number of aromatic amines is 1. The number of H-pyrrole nitrogens is 1. The quantitative estimate of drug-likeness (QED) is 0.373. The van der Waals surface area contributed by atoms with Crippen molar-refractivity contribution in [1.29, 1.82) is 0 Å². The summed E-state index contributed by atoms with van der Waals surface area (Å²) < 4.78 is 0. The highest BCUT2D eigenvalue weighted by Crippen LogP contribution is 2.26. The number of benzene rings is 3. The minimum absolute atomic E-state index is 0.215. The Morgan fingerprint density at radius 2 is 1.61 bits per heavy atom. The first kappa shape index (κ1) is 23.5. The van der Waals surface area contributed by atoms with Gasteiger partial charge in [0, 0.05) is 66.8 Å². The summed E-state index contributed by atoms with van der Waals surface area (Å²) in [5.41, 5.74) is 12.1. The Balaban J connectivity index is 1.24. The summed E-state index contributed by atoms with van der Waals surface area (Å²) in [7, 11) is 0. The van der Waals surface area contributed by atoms with Crippen LogP contribution in [0.4, 0.5) is 11.4 Å². The smallest absolute Gasteiger partial charge is 0.251 e. The highest BCUT2D eigenvalue weighted by Gasteiger charge is 2.23. The lowest BCUT2D eigenvalue weighted by Crippen LogP contribution is -2.47. The summed E-state index contributed by atoms with van der Waals surface area (Å²) in [6, 6.07) is 21.7. The number of aryl methyl sites for hydroxylation is 1. The number of hydrogen-bond donors (Lipinski definition) is 3. The largest absolute Gasteiger partial charge is 0.368 e. The second-order valence-corrected chi connectivity index (χ2v) is 9.22. The van der Waals surface area contributed by atoms with Gasteiger partial charge in [-0.25, -0.2) is 0 Å². The molecule has 1 aromatic heterocycles. The predicted octanol–water partition coefficient (Wildman–Crippen LogP) is 3.87. The van der Waals surface area contributed by atoms with Gasteiger partial charge in [0.15, 0.2) is 0 Å². The van der Waals surface area contributed by atoms with Crippen molar-refractivity contribution in [3.8, 4) is 0 Å².